The first-order valence-electron chi connectivity index (χ1n) is 7.57. The normalized spacial score (nSPS) is 19.7. The van der Waals surface area contributed by atoms with Crippen LogP contribution in [0.1, 0.15) is 28.0 Å². The maximum atomic E-state index is 13.9. The zero-order chi connectivity index (χ0) is 19.1. The highest BCUT2D eigenvalue weighted by Gasteiger charge is 2.47. The highest BCUT2D eigenvalue weighted by Crippen LogP contribution is 2.40. The maximum Gasteiger partial charge on any atom is 0.426 e. The number of nitrogens with zero attached hydrogens (tertiary/aromatic N) is 3. The van der Waals surface area contributed by atoms with Gasteiger partial charge in [0.25, 0.3) is 0 Å². The summed E-state index contributed by atoms with van der Waals surface area (Å²) in [4.78, 5) is 31.0. The van der Waals surface area contributed by atoms with Crippen molar-refractivity contribution in [2.24, 2.45) is 5.73 Å². The van der Waals surface area contributed by atoms with Gasteiger partial charge in [-0.2, -0.15) is 18.2 Å². The molecule has 0 aliphatic carbocycles. The van der Waals surface area contributed by atoms with Gasteiger partial charge in [-0.05, 0) is 18.6 Å². The second-order valence-corrected chi connectivity index (χ2v) is 5.83. The Morgan fingerprint density at radius 2 is 2.04 bits per heavy atom. The van der Waals surface area contributed by atoms with Crippen LogP contribution < -0.4 is 10.2 Å². The maximum absolute atomic E-state index is 13.9. The topological polar surface area (TPSA) is 85.9 Å². The summed E-state index contributed by atoms with van der Waals surface area (Å²) < 4.78 is 51.4. The predicted molar refractivity (Wildman–Crippen MR) is 83.0 cm³/mol. The summed E-state index contributed by atoms with van der Waals surface area (Å²) in [5, 5.41) is 0. The Bertz CT molecular complexity index is 883. The average molecular weight is 369 g/mol. The molecule has 2 aromatic heterocycles. The molecule has 6 nitrogen and oxygen atoms in total. The SMILES string of the molecule is NC(=O)[N+]1(c2ccc(C(F)(F)F)cn2)CCCc2cc(F)c(C=O)nc21. The minimum Gasteiger partial charge on any atom is -0.318 e. The lowest BCUT2D eigenvalue weighted by molar-refractivity contribution is -0.137. The molecule has 136 valence electrons. The summed E-state index contributed by atoms with van der Waals surface area (Å²) in [5.41, 5.74) is 4.40. The lowest BCUT2D eigenvalue weighted by Crippen LogP contribution is -2.56. The van der Waals surface area contributed by atoms with Crippen LogP contribution in [0.15, 0.2) is 24.4 Å². The van der Waals surface area contributed by atoms with Crippen LogP contribution in [0.2, 0.25) is 0 Å². The van der Waals surface area contributed by atoms with Gasteiger partial charge in [0.05, 0.1) is 5.56 Å². The number of amides is 2. The van der Waals surface area contributed by atoms with Crippen LogP contribution in [-0.2, 0) is 12.6 Å². The van der Waals surface area contributed by atoms with Crippen LogP contribution in [0.4, 0.5) is 34.0 Å². The summed E-state index contributed by atoms with van der Waals surface area (Å²) in [6.07, 6.45) is -3.02. The van der Waals surface area contributed by atoms with E-state index in [-0.39, 0.29) is 24.5 Å². The number of quaternary nitrogens is 1. The van der Waals surface area contributed by atoms with Crippen molar-refractivity contribution in [2.75, 3.05) is 6.54 Å². The average Bonchev–Trinajstić information content (AvgIpc) is 2.59. The zero-order valence-electron chi connectivity index (χ0n) is 13.3. The van der Waals surface area contributed by atoms with Crippen LogP contribution in [0.5, 0.6) is 0 Å². The molecule has 2 aromatic rings. The molecule has 1 aliphatic rings. The first-order chi connectivity index (χ1) is 12.2. The third-order valence-corrected chi connectivity index (χ3v) is 4.31. The summed E-state index contributed by atoms with van der Waals surface area (Å²) in [7, 11) is 0. The second-order valence-electron chi connectivity index (χ2n) is 5.83. The number of fused-ring (bicyclic) bond motifs is 1. The predicted octanol–water partition coefficient (Wildman–Crippen LogP) is 3.11. The molecule has 0 spiro atoms. The molecule has 26 heavy (non-hydrogen) atoms. The smallest absolute Gasteiger partial charge is 0.318 e. The molecule has 2 N–H and O–H groups in total. The van der Waals surface area contributed by atoms with E-state index >= 15 is 0 Å². The second kappa shape index (κ2) is 6.13. The molecule has 1 aliphatic heterocycles. The van der Waals surface area contributed by atoms with Crippen molar-refractivity contribution in [3.63, 3.8) is 0 Å². The lowest BCUT2D eigenvalue weighted by Gasteiger charge is -2.35. The molecule has 2 amide bonds. The van der Waals surface area contributed by atoms with Gasteiger partial charge in [-0.25, -0.2) is 14.2 Å². The van der Waals surface area contributed by atoms with E-state index in [0.29, 0.717) is 24.6 Å². The van der Waals surface area contributed by atoms with E-state index < -0.39 is 33.8 Å². The van der Waals surface area contributed by atoms with Gasteiger partial charge in [-0.3, -0.25) is 4.79 Å². The third-order valence-electron chi connectivity index (χ3n) is 4.31. The molecule has 10 heteroatoms. The van der Waals surface area contributed by atoms with Crippen LogP contribution in [-0.4, -0.2) is 28.8 Å². The summed E-state index contributed by atoms with van der Waals surface area (Å²) in [6, 6.07) is 1.97. The van der Waals surface area contributed by atoms with E-state index in [2.05, 4.69) is 9.97 Å². The summed E-state index contributed by atoms with van der Waals surface area (Å²) in [5.74, 6) is -0.925. The fourth-order valence-corrected chi connectivity index (χ4v) is 3.07. The van der Waals surface area contributed by atoms with E-state index in [1.54, 1.807) is 0 Å². The Morgan fingerprint density at radius 1 is 1.31 bits per heavy atom. The van der Waals surface area contributed by atoms with E-state index in [0.717, 1.165) is 18.2 Å². The van der Waals surface area contributed by atoms with Gasteiger partial charge in [-0.1, -0.05) is 0 Å². The van der Waals surface area contributed by atoms with Crippen LogP contribution in [0.25, 0.3) is 0 Å². The molecule has 1 unspecified atom stereocenters. The number of halogens is 4. The number of urea groups is 1. The van der Waals surface area contributed by atoms with Gasteiger partial charge >= 0.3 is 12.2 Å². The van der Waals surface area contributed by atoms with Crippen molar-refractivity contribution in [2.45, 2.75) is 19.0 Å². The van der Waals surface area contributed by atoms with E-state index in [1.165, 1.54) is 0 Å². The highest BCUT2D eigenvalue weighted by atomic mass is 19.4. The minimum atomic E-state index is -4.59. The van der Waals surface area contributed by atoms with Gasteiger partial charge in [-0.15, -0.1) is 4.48 Å². The number of rotatable bonds is 2. The highest BCUT2D eigenvalue weighted by molar-refractivity contribution is 5.92. The van der Waals surface area contributed by atoms with Crippen LogP contribution in [0.3, 0.4) is 0 Å². The zero-order valence-corrected chi connectivity index (χ0v) is 13.3. The van der Waals surface area contributed by atoms with E-state index in [1.807, 2.05) is 0 Å². The van der Waals surface area contributed by atoms with Gasteiger partial charge in [0.1, 0.15) is 12.2 Å². The number of nitrogens with two attached hydrogens (primary N) is 1. The first-order valence-corrected chi connectivity index (χ1v) is 7.57. The molecule has 0 fully saturated rings. The van der Waals surface area contributed by atoms with Gasteiger partial charge < -0.3 is 5.73 Å². The summed E-state index contributed by atoms with van der Waals surface area (Å²) in [6.45, 7) is 0.0810. The van der Waals surface area contributed by atoms with Crippen molar-refractivity contribution in [3.8, 4) is 0 Å². The number of pyridine rings is 2. The number of aryl methyl sites for hydroxylation is 1. The molecule has 0 bridgehead atoms. The molecular weight excluding hydrogens is 356 g/mol. The standard InChI is InChI=1S/C16H12F4N4O2/c17-11-6-9-2-1-5-24(15(21)26,14(9)23-12(11)8-25)13-4-3-10(7-22-13)16(18,19)20/h3-4,6-8H,1-2,5H2,(H-,21,26)/p+1. The van der Waals surface area contributed by atoms with Crippen molar-refractivity contribution < 1.29 is 27.2 Å². The fraction of sp³-hybridized carbons (Fsp3) is 0.250. The Hall–Kier alpha value is -2.88. The molecule has 0 aromatic carbocycles. The van der Waals surface area contributed by atoms with Crippen LogP contribution >= 0.6 is 0 Å². The van der Waals surface area contributed by atoms with E-state index in [9.17, 15) is 27.2 Å². The fourth-order valence-electron chi connectivity index (χ4n) is 3.07. The van der Waals surface area contributed by atoms with Crippen LogP contribution in [0, 0.1) is 5.82 Å². The number of hydrogen-bond acceptors (Lipinski definition) is 4. The molecular formula is C16H13F4N4O2+. The third kappa shape index (κ3) is 2.71. The molecule has 0 radical (unpaired) electrons. The largest absolute Gasteiger partial charge is 0.426 e. The Balaban J connectivity index is 2.23. The molecule has 3 heterocycles. The van der Waals surface area contributed by atoms with Gasteiger partial charge in [0.15, 0.2) is 12.1 Å². The minimum absolute atomic E-state index is 0.000455. The van der Waals surface area contributed by atoms with Crippen molar-refractivity contribution in [1.82, 2.24) is 14.5 Å². The molecule has 0 saturated carbocycles. The quantitative estimate of drug-likeness (QED) is 0.501. The number of carbonyl (C=O) groups is 2. The Labute approximate surface area is 144 Å². The van der Waals surface area contributed by atoms with Gasteiger partial charge in [0, 0.05) is 24.2 Å². The number of aldehydes is 1. The Morgan fingerprint density at radius 3 is 2.58 bits per heavy atom. The molecule has 0 saturated heterocycles. The lowest BCUT2D eigenvalue weighted by atomic mass is 10.0. The Kier molecular flexibility index (Phi) is 4.23. The van der Waals surface area contributed by atoms with E-state index in [4.69, 9.17) is 5.73 Å². The molecule has 3 rings (SSSR count). The molecule has 1 atom stereocenters. The number of primary amides is 1. The number of hydrogen-bond donors (Lipinski definition) is 1. The monoisotopic (exact) mass is 369 g/mol. The number of aromatic nitrogens is 2. The first kappa shape index (κ1) is 17.9. The number of carbonyl (C=O) groups excluding carboxylic acids is 2. The van der Waals surface area contributed by atoms with Crippen molar-refractivity contribution in [3.05, 3.63) is 47.0 Å². The number of alkyl halides is 3. The summed E-state index contributed by atoms with van der Waals surface area (Å²) >= 11 is 0. The van der Waals surface area contributed by atoms with Crippen molar-refractivity contribution in [1.29, 1.82) is 0 Å². The van der Waals surface area contributed by atoms with Crippen molar-refractivity contribution >= 4 is 24.0 Å². The van der Waals surface area contributed by atoms with Gasteiger partial charge in [0.2, 0.25) is 11.6 Å².